The van der Waals surface area contributed by atoms with Gasteiger partial charge in [0.25, 0.3) is 0 Å². The lowest BCUT2D eigenvalue weighted by molar-refractivity contribution is -0.110. The average molecular weight is 154 g/mol. The second kappa shape index (κ2) is 7.19. The lowest BCUT2D eigenvalue weighted by atomic mass is 10.0. The van der Waals surface area contributed by atoms with Crippen molar-refractivity contribution in [3.05, 3.63) is 12.7 Å². The molecular formula is C9H14O2. The first-order chi connectivity index (χ1) is 5.35. The summed E-state index contributed by atoms with van der Waals surface area (Å²) in [4.78, 5) is 20.2. The van der Waals surface area contributed by atoms with E-state index in [1.807, 2.05) is 0 Å². The fraction of sp³-hybridized carbons (Fsp3) is 0.556. The van der Waals surface area contributed by atoms with E-state index in [0.717, 1.165) is 31.8 Å². The van der Waals surface area contributed by atoms with Crippen molar-refractivity contribution in [1.82, 2.24) is 0 Å². The van der Waals surface area contributed by atoms with Crippen molar-refractivity contribution in [2.45, 2.75) is 25.7 Å². The van der Waals surface area contributed by atoms with Crippen LogP contribution in [0.5, 0.6) is 0 Å². The van der Waals surface area contributed by atoms with E-state index in [1.165, 1.54) is 0 Å². The molecule has 0 fully saturated rings. The Kier molecular flexibility index (Phi) is 6.59. The normalized spacial score (nSPS) is 12.0. The Morgan fingerprint density at radius 3 is 2.45 bits per heavy atom. The van der Waals surface area contributed by atoms with E-state index in [1.54, 1.807) is 6.08 Å². The third-order valence-corrected chi connectivity index (χ3v) is 1.59. The van der Waals surface area contributed by atoms with Crippen LogP contribution in [-0.4, -0.2) is 12.6 Å². The molecule has 0 bridgehead atoms. The number of carbonyl (C=O) groups is 2. The zero-order valence-corrected chi connectivity index (χ0v) is 6.66. The van der Waals surface area contributed by atoms with E-state index in [4.69, 9.17) is 0 Å². The molecule has 1 atom stereocenters. The van der Waals surface area contributed by atoms with Crippen molar-refractivity contribution in [3.8, 4) is 0 Å². The Hall–Kier alpha value is -0.920. The van der Waals surface area contributed by atoms with E-state index in [-0.39, 0.29) is 5.92 Å². The maximum atomic E-state index is 10.3. The maximum absolute atomic E-state index is 10.3. The second-order valence-electron chi connectivity index (χ2n) is 2.49. The molecule has 0 saturated heterocycles. The Morgan fingerprint density at radius 2 is 2.00 bits per heavy atom. The standard InChI is InChI=1S/C9H14O2/c1-2-9(8-11)6-4-3-5-7-10/h2,7-9H,1,3-6H2. The first kappa shape index (κ1) is 10.1. The van der Waals surface area contributed by atoms with Crippen LogP contribution in [0.15, 0.2) is 12.7 Å². The summed E-state index contributed by atoms with van der Waals surface area (Å²) >= 11 is 0. The van der Waals surface area contributed by atoms with Crippen molar-refractivity contribution < 1.29 is 9.59 Å². The van der Waals surface area contributed by atoms with Crippen molar-refractivity contribution in [2.75, 3.05) is 0 Å². The summed E-state index contributed by atoms with van der Waals surface area (Å²) < 4.78 is 0. The molecule has 0 aliphatic carbocycles. The highest BCUT2D eigenvalue weighted by Gasteiger charge is 1.99. The summed E-state index contributed by atoms with van der Waals surface area (Å²) in [7, 11) is 0. The van der Waals surface area contributed by atoms with Crippen LogP contribution in [0.4, 0.5) is 0 Å². The smallest absolute Gasteiger partial charge is 0.126 e. The van der Waals surface area contributed by atoms with E-state index < -0.39 is 0 Å². The van der Waals surface area contributed by atoms with Gasteiger partial charge in [0.15, 0.2) is 0 Å². The molecule has 0 rings (SSSR count). The SMILES string of the molecule is C=CC(C=O)CCCCC=O. The fourth-order valence-electron chi connectivity index (χ4n) is 0.849. The van der Waals surface area contributed by atoms with Crippen molar-refractivity contribution >= 4 is 12.6 Å². The first-order valence-corrected chi connectivity index (χ1v) is 3.86. The number of allylic oxidation sites excluding steroid dienone is 1. The minimum absolute atomic E-state index is 0.0262. The minimum atomic E-state index is -0.0262. The number of carbonyl (C=O) groups excluding carboxylic acids is 2. The zero-order chi connectivity index (χ0) is 8.53. The van der Waals surface area contributed by atoms with Crippen LogP contribution < -0.4 is 0 Å². The number of hydrogen-bond donors (Lipinski definition) is 0. The molecule has 0 aromatic carbocycles. The molecule has 0 aliphatic rings. The van der Waals surface area contributed by atoms with Crippen LogP contribution in [0.2, 0.25) is 0 Å². The molecule has 0 N–H and O–H groups in total. The van der Waals surface area contributed by atoms with E-state index in [9.17, 15) is 9.59 Å². The van der Waals surface area contributed by atoms with Gasteiger partial charge < -0.3 is 9.59 Å². The lowest BCUT2D eigenvalue weighted by Gasteiger charge is -2.01. The molecule has 0 aromatic rings. The molecular weight excluding hydrogens is 140 g/mol. The molecule has 1 unspecified atom stereocenters. The monoisotopic (exact) mass is 154 g/mol. The minimum Gasteiger partial charge on any atom is -0.303 e. The highest BCUT2D eigenvalue weighted by Crippen LogP contribution is 2.07. The highest BCUT2D eigenvalue weighted by molar-refractivity contribution is 5.56. The summed E-state index contributed by atoms with van der Waals surface area (Å²) in [6.45, 7) is 3.53. The molecule has 2 heteroatoms. The first-order valence-electron chi connectivity index (χ1n) is 3.86. The van der Waals surface area contributed by atoms with Crippen molar-refractivity contribution in [1.29, 1.82) is 0 Å². The summed E-state index contributed by atoms with van der Waals surface area (Å²) in [6.07, 6.45) is 6.67. The zero-order valence-electron chi connectivity index (χ0n) is 6.66. The molecule has 2 nitrogen and oxygen atoms in total. The Bertz CT molecular complexity index is 122. The van der Waals surface area contributed by atoms with Gasteiger partial charge in [-0.15, -0.1) is 6.58 Å². The molecule has 62 valence electrons. The van der Waals surface area contributed by atoms with Gasteiger partial charge in [0.1, 0.15) is 12.6 Å². The predicted octanol–water partition coefficient (Wildman–Crippen LogP) is 1.75. The van der Waals surface area contributed by atoms with Gasteiger partial charge in [0.05, 0.1) is 0 Å². The molecule has 0 saturated carbocycles. The van der Waals surface area contributed by atoms with E-state index in [2.05, 4.69) is 6.58 Å². The van der Waals surface area contributed by atoms with Gasteiger partial charge in [-0.05, 0) is 12.8 Å². The molecule has 11 heavy (non-hydrogen) atoms. The van der Waals surface area contributed by atoms with Crippen LogP contribution in [0.3, 0.4) is 0 Å². The van der Waals surface area contributed by atoms with Crippen LogP contribution >= 0.6 is 0 Å². The Labute approximate surface area is 67.3 Å². The highest BCUT2D eigenvalue weighted by atomic mass is 16.1. The summed E-state index contributed by atoms with van der Waals surface area (Å²) in [5, 5.41) is 0. The van der Waals surface area contributed by atoms with Crippen molar-refractivity contribution in [3.63, 3.8) is 0 Å². The summed E-state index contributed by atoms with van der Waals surface area (Å²) in [6, 6.07) is 0. The Balaban J connectivity index is 3.27. The van der Waals surface area contributed by atoms with E-state index in [0.29, 0.717) is 6.42 Å². The van der Waals surface area contributed by atoms with Gasteiger partial charge in [0, 0.05) is 12.3 Å². The molecule has 0 spiro atoms. The second-order valence-corrected chi connectivity index (χ2v) is 2.49. The van der Waals surface area contributed by atoms with Gasteiger partial charge >= 0.3 is 0 Å². The number of rotatable bonds is 7. The van der Waals surface area contributed by atoms with Crippen molar-refractivity contribution in [2.24, 2.45) is 5.92 Å². The third-order valence-electron chi connectivity index (χ3n) is 1.59. The summed E-state index contributed by atoms with van der Waals surface area (Å²) in [5.74, 6) is -0.0262. The molecule has 0 radical (unpaired) electrons. The molecule has 0 heterocycles. The van der Waals surface area contributed by atoms with Gasteiger partial charge in [-0.3, -0.25) is 0 Å². The Morgan fingerprint density at radius 1 is 1.27 bits per heavy atom. The number of hydrogen-bond acceptors (Lipinski definition) is 2. The quantitative estimate of drug-likeness (QED) is 0.318. The molecule has 0 amide bonds. The molecule has 0 aromatic heterocycles. The third kappa shape index (κ3) is 5.52. The van der Waals surface area contributed by atoms with Crippen LogP contribution in [0.25, 0.3) is 0 Å². The summed E-state index contributed by atoms with van der Waals surface area (Å²) in [5.41, 5.74) is 0. The van der Waals surface area contributed by atoms with E-state index >= 15 is 0 Å². The predicted molar refractivity (Wildman–Crippen MR) is 44.3 cm³/mol. The van der Waals surface area contributed by atoms with Crippen LogP contribution in [0.1, 0.15) is 25.7 Å². The fourth-order valence-corrected chi connectivity index (χ4v) is 0.849. The lowest BCUT2D eigenvalue weighted by Crippen LogP contribution is -1.96. The molecule has 0 aliphatic heterocycles. The van der Waals surface area contributed by atoms with Gasteiger partial charge in [0.2, 0.25) is 0 Å². The average Bonchev–Trinajstić information content (AvgIpc) is 2.05. The maximum Gasteiger partial charge on any atom is 0.126 e. The van der Waals surface area contributed by atoms with Gasteiger partial charge in [-0.25, -0.2) is 0 Å². The van der Waals surface area contributed by atoms with Gasteiger partial charge in [-0.2, -0.15) is 0 Å². The number of unbranched alkanes of at least 4 members (excludes halogenated alkanes) is 2. The largest absolute Gasteiger partial charge is 0.303 e. The van der Waals surface area contributed by atoms with Crippen LogP contribution in [-0.2, 0) is 9.59 Å². The van der Waals surface area contributed by atoms with Gasteiger partial charge in [-0.1, -0.05) is 12.5 Å². The number of aldehydes is 2. The topological polar surface area (TPSA) is 34.1 Å². The van der Waals surface area contributed by atoms with Crippen LogP contribution in [0, 0.1) is 5.92 Å².